The van der Waals surface area contributed by atoms with E-state index in [2.05, 4.69) is 191 Å². The van der Waals surface area contributed by atoms with E-state index in [0.29, 0.717) is 86.5 Å². The van der Waals surface area contributed by atoms with Crippen LogP contribution < -0.4 is 18.9 Å². The van der Waals surface area contributed by atoms with Crippen LogP contribution in [-0.4, -0.2) is 51.3 Å². The molecule has 5 heterocycles. The number of allylic oxidation sites excluding steroid dienone is 12. The third kappa shape index (κ3) is 8.93. The molecule has 4 aromatic rings. The zero-order valence-electron chi connectivity index (χ0n) is 34.9. The highest BCUT2D eigenvalue weighted by atomic mass is 79.9. The molecule has 20 heteroatoms. The molecule has 0 saturated carbocycles. The van der Waals surface area contributed by atoms with Crippen LogP contribution in [0, 0.1) is 0 Å². The molecule has 8 bridgehead atoms. The van der Waals surface area contributed by atoms with Crippen LogP contribution in [-0.2, 0) is 0 Å². The van der Waals surface area contributed by atoms with Gasteiger partial charge in [0.1, 0.15) is 23.0 Å². The molecule has 8 nitrogen and oxygen atoms in total. The zero-order chi connectivity index (χ0) is 48.6. The normalized spacial score (nSPS) is 16.1. The highest BCUT2D eigenvalue weighted by molar-refractivity contribution is 9.13. The lowest BCUT2D eigenvalue weighted by molar-refractivity contribution is 0.409. The maximum absolute atomic E-state index is 5.94. The summed E-state index contributed by atoms with van der Waals surface area (Å²) in [6, 6.07) is 7.81. The van der Waals surface area contributed by atoms with Crippen molar-refractivity contribution < 1.29 is 18.9 Å². The maximum Gasteiger partial charge on any atom is 0.147 e. The highest BCUT2D eigenvalue weighted by Gasteiger charge is 2.34. The Morgan fingerprint density at radius 2 is 0.471 bits per heavy atom. The summed E-state index contributed by atoms with van der Waals surface area (Å²) in [6.45, 7) is 0. The van der Waals surface area contributed by atoms with Crippen LogP contribution in [0.25, 0.3) is 22.3 Å². The molecule has 0 N–H and O–H groups in total. The van der Waals surface area contributed by atoms with Gasteiger partial charge < -0.3 is 18.9 Å². The molecule has 0 aliphatic carbocycles. The number of benzene rings is 4. The summed E-state index contributed by atoms with van der Waals surface area (Å²) in [5, 5.41) is 0. The third-order valence-electron chi connectivity index (χ3n) is 10.9. The van der Waals surface area contributed by atoms with Crippen molar-refractivity contribution in [3.05, 3.63) is 172 Å². The molecule has 0 aromatic heterocycles. The van der Waals surface area contributed by atoms with Gasteiger partial charge in [-0.05, 0) is 200 Å². The number of rotatable bonds is 8. The van der Waals surface area contributed by atoms with Gasteiger partial charge in [-0.2, -0.15) is 0 Å². The van der Waals surface area contributed by atoms with Crippen molar-refractivity contribution >= 4 is 236 Å². The Morgan fingerprint density at radius 1 is 0.279 bits per heavy atom. The van der Waals surface area contributed by atoms with Crippen LogP contribution in [0.5, 0.6) is 23.0 Å². The molecular formula is C48H24Br12N4O4. The molecule has 5 aliphatic rings. The van der Waals surface area contributed by atoms with Gasteiger partial charge in [0.15, 0.2) is 0 Å². The van der Waals surface area contributed by atoms with E-state index in [1.54, 1.807) is 28.4 Å². The number of fused-ring (bicyclic) bond motifs is 4. The molecule has 9 rings (SSSR count). The van der Waals surface area contributed by atoms with Crippen molar-refractivity contribution in [2.24, 2.45) is 20.0 Å². The molecule has 68 heavy (non-hydrogen) atoms. The monoisotopic (exact) mass is 1670 g/mol. The predicted molar refractivity (Wildman–Crippen MR) is 318 cm³/mol. The largest absolute Gasteiger partial charge is 0.494 e. The van der Waals surface area contributed by atoms with Gasteiger partial charge in [-0.25, -0.2) is 20.0 Å². The standard InChI is InChI=1S/C48H24Br12N4O4/c1-65-45-21(53)13-17(49)33(41(45)57)37-25-5-7-27(61-25)38(34-18(50)14-22(54)46(66-2)42(34)58)29-9-11-31(63-29)40(36-20(52)16-24(56)48(68-4)44(36)60)32-12-10-30(64-32)39(28-8-6-26(37)62-28)35-19(51)15-23(55)47(67-3)43(35)59/h5-16H,1-4H3. The Hall–Kier alpha value is -1.56. The SMILES string of the molecule is COc1c(Br)cc(Br)c(C2=C3C=CC(=N3)C(c3c(Br)cc(Br)c(OC)c3Br)=C3C=CC(=N3)C(c3c(Br)cc(Br)c(OC)c3Br)=C3C=CC(=N3)C(c3c(Br)cc(Br)c(OC)c3Br)=C3C=CC2=N3)c1Br. The maximum atomic E-state index is 5.94. The van der Waals surface area contributed by atoms with E-state index < -0.39 is 0 Å². The number of hydrogen-bond acceptors (Lipinski definition) is 8. The Labute approximate surface area is 491 Å². The molecule has 344 valence electrons. The molecule has 0 unspecified atom stereocenters. The summed E-state index contributed by atoms with van der Waals surface area (Å²) >= 11 is 46.1. The van der Waals surface area contributed by atoms with Gasteiger partial charge in [-0.1, -0.05) is 63.7 Å². The summed E-state index contributed by atoms with van der Waals surface area (Å²) in [4.78, 5) is 22.0. The molecule has 0 amide bonds. The lowest BCUT2D eigenvalue weighted by atomic mass is 9.98. The fourth-order valence-electron chi connectivity index (χ4n) is 8.07. The van der Waals surface area contributed by atoms with Crippen molar-refractivity contribution in [3.8, 4) is 23.0 Å². The first kappa shape index (κ1) is 51.3. The van der Waals surface area contributed by atoms with E-state index in [0.717, 1.165) is 80.3 Å². The first-order chi connectivity index (χ1) is 32.5. The van der Waals surface area contributed by atoms with E-state index in [9.17, 15) is 0 Å². The summed E-state index contributed by atoms with van der Waals surface area (Å²) in [6.07, 6.45) is 16.0. The van der Waals surface area contributed by atoms with E-state index in [-0.39, 0.29) is 0 Å². The average molecular weight is 1680 g/mol. The van der Waals surface area contributed by atoms with Gasteiger partial charge >= 0.3 is 0 Å². The number of halogens is 12. The summed E-state index contributed by atoms with van der Waals surface area (Å²) in [5.41, 5.74) is 11.0. The number of hydrogen-bond donors (Lipinski definition) is 0. The first-order valence-corrected chi connectivity index (χ1v) is 29.0. The lowest BCUT2D eigenvalue weighted by Crippen LogP contribution is -2.06. The second kappa shape index (κ2) is 20.7. The smallest absolute Gasteiger partial charge is 0.147 e. The molecule has 0 fully saturated rings. The highest BCUT2D eigenvalue weighted by Crippen LogP contribution is 2.52. The first-order valence-electron chi connectivity index (χ1n) is 19.5. The topological polar surface area (TPSA) is 86.4 Å². The van der Waals surface area contributed by atoms with Crippen LogP contribution in [0.4, 0.5) is 0 Å². The van der Waals surface area contributed by atoms with Crippen LogP contribution in [0.2, 0.25) is 0 Å². The van der Waals surface area contributed by atoms with E-state index in [1.165, 1.54) is 0 Å². The van der Waals surface area contributed by atoms with E-state index in [1.807, 2.05) is 72.9 Å². The average Bonchev–Trinajstić information content (AvgIpc) is 4.13. The fraction of sp³-hybridized carbons (Fsp3) is 0.0833. The van der Waals surface area contributed by atoms with Gasteiger partial charge in [-0.3, -0.25) is 0 Å². The minimum Gasteiger partial charge on any atom is -0.494 e. The van der Waals surface area contributed by atoms with Gasteiger partial charge in [0.05, 0.1) is 110 Å². The van der Waals surface area contributed by atoms with Gasteiger partial charge in [0, 0.05) is 62.4 Å². The number of nitrogens with zero attached hydrogens (tertiary/aromatic N) is 4. The van der Waals surface area contributed by atoms with Crippen molar-refractivity contribution in [1.82, 2.24) is 0 Å². The fourth-order valence-corrected chi connectivity index (χ4v) is 19.4. The summed E-state index contributed by atoms with van der Waals surface area (Å²) < 4.78 is 32.6. The second-order valence-corrected chi connectivity index (χ2v) is 24.6. The Kier molecular flexibility index (Phi) is 15.7. The van der Waals surface area contributed by atoms with Gasteiger partial charge in [0.2, 0.25) is 0 Å². The molecule has 4 aromatic carbocycles. The minimum absolute atomic E-state index is 0.598. The van der Waals surface area contributed by atoms with Gasteiger partial charge in [-0.15, -0.1) is 0 Å². The van der Waals surface area contributed by atoms with Crippen LogP contribution >= 0.6 is 191 Å². The molecule has 0 radical (unpaired) electrons. The van der Waals surface area contributed by atoms with Crippen LogP contribution in [0.15, 0.2) is 169 Å². The van der Waals surface area contributed by atoms with Crippen molar-refractivity contribution in [2.75, 3.05) is 28.4 Å². The van der Waals surface area contributed by atoms with E-state index >= 15 is 0 Å². The minimum atomic E-state index is 0.598. The molecule has 0 spiro atoms. The van der Waals surface area contributed by atoms with Crippen molar-refractivity contribution in [1.29, 1.82) is 0 Å². The van der Waals surface area contributed by atoms with Crippen LogP contribution in [0.3, 0.4) is 0 Å². The Balaban J connectivity index is 1.48. The number of aliphatic imine (C=N–C) groups is 4. The zero-order valence-corrected chi connectivity index (χ0v) is 53.9. The van der Waals surface area contributed by atoms with Gasteiger partial charge in [0.25, 0.3) is 0 Å². The Morgan fingerprint density at radius 3 is 0.647 bits per heavy atom. The molecule has 0 saturated heterocycles. The number of methoxy groups -OCH3 is 4. The Bertz CT molecular complexity index is 2960. The molecule has 5 aliphatic heterocycles. The summed E-state index contributed by atoms with van der Waals surface area (Å²) in [5.74, 6) is 2.39. The second-order valence-electron chi connectivity index (χ2n) is 14.6. The molecule has 0 atom stereocenters. The summed E-state index contributed by atoms with van der Waals surface area (Å²) in [7, 11) is 6.53. The quantitative estimate of drug-likeness (QED) is 0.176. The lowest BCUT2D eigenvalue weighted by Gasteiger charge is -2.19. The van der Waals surface area contributed by atoms with Crippen molar-refractivity contribution in [2.45, 2.75) is 0 Å². The third-order valence-corrected chi connectivity index (χ3v) is 18.8. The van der Waals surface area contributed by atoms with Crippen LogP contribution in [0.1, 0.15) is 22.3 Å². The van der Waals surface area contributed by atoms with Crippen molar-refractivity contribution in [3.63, 3.8) is 0 Å². The number of ether oxygens (including phenoxy) is 4. The predicted octanol–water partition coefficient (Wildman–Crippen LogP) is 18.9. The van der Waals surface area contributed by atoms with E-state index in [4.69, 9.17) is 38.9 Å². The molecular weight excluding hydrogens is 1660 g/mol.